The van der Waals surface area contributed by atoms with Crippen molar-refractivity contribution in [3.8, 4) is 0 Å². The van der Waals surface area contributed by atoms with E-state index in [-0.39, 0.29) is 0 Å². The summed E-state index contributed by atoms with van der Waals surface area (Å²) in [6.45, 7) is 0. The van der Waals surface area contributed by atoms with Gasteiger partial charge in [0.1, 0.15) is 0 Å². The van der Waals surface area contributed by atoms with Gasteiger partial charge in [-0.1, -0.05) is 30.3 Å². The first kappa shape index (κ1) is 6.43. The van der Waals surface area contributed by atoms with Crippen LogP contribution in [-0.4, -0.2) is 0 Å². The zero-order chi connectivity index (χ0) is 6.53. The van der Waals surface area contributed by atoms with Gasteiger partial charge in [0.15, 0.2) is 0 Å². The van der Waals surface area contributed by atoms with Crippen molar-refractivity contribution < 1.29 is 0 Å². The predicted octanol–water partition coefficient (Wildman–Crippen LogP) is 2.59. The van der Waals surface area contributed by atoms with Crippen LogP contribution in [0.1, 0.15) is 5.56 Å². The van der Waals surface area contributed by atoms with Crippen LogP contribution in [0.25, 0.3) is 6.08 Å². The van der Waals surface area contributed by atoms with Gasteiger partial charge in [-0.3, -0.25) is 0 Å². The minimum atomic E-state index is 1.19. The van der Waals surface area contributed by atoms with E-state index in [1.54, 1.807) is 5.41 Å². The van der Waals surface area contributed by atoms with Crippen molar-refractivity contribution in [2.24, 2.45) is 0 Å². The monoisotopic (exact) mass is 136 g/mol. The molecule has 0 N–H and O–H groups in total. The third-order valence-corrected chi connectivity index (χ3v) is 1.22. The van der Waals surface area contributed by atoms with Crippen molar-refractivity contribution in [2.45, 2.75) is 0 Å². The van der Waals surface area contributed by atoms with Crippen molar-refractivity contribution in [3.63, 3.8) is 0 Å². The van der Waals surface area contributed by atoms with Gasteiger partial charge in [0.05, 0.1) is 0 Å². The first-order chi connectivity index (χ1) is 4.43. The molecule has 0 fully saturated rings. The Hall–Kier alpha value is -0.690. The lowest BCUT2D eigenvalue weighted by atomic mass is 10.2. The standard InChI is InChI=1S/C8H8S/c9-7-6-8-4-2-1-3-5-8/h1-7,9H/b7-6-. The molecule has 1 aromatic carbocycles. The van der Waals surface area contributed by atoms with Crippen molar-refractivity contribution in [1.29, 1.82) is 0 Å². The fourth-order valence-electron chi connectivity index (χ4n) is 0.650. The Morgan fingerprint density at radius 3 is 2.33 bits per heavy atom. The molecular formula is C8H8S. The van der Waals surface area contributed by atoms with Crippen LogP contribution >= 0.6 is 12.6 Å². The topological polar surface area (TPSA) is 0 Å². The highest BCUT2D eigenvalue weighted by Crippen LogP contribution is 2.00. The highest BCUT2D eigenvalue weighted by Gasteiger charge is 1.77. The maximum atomic E-state index is 3.95. The van der Waals surface area contributed by atoms with E-state index in [1.165, 1.54) is 5.56 Å². The van der Waals surface area contributed by atoms with E-state index in [0.29, 0.717) is 0 Å². The van der Waals surface area contributed by atoms with E-state index < -0.39 is 0 Å². The summed E-state index contributed by atoms with van der Waals surface area (Å²) in [4.78, 5) is 0. The molecule has 0 amide bonds. The summed E-state index contributed by atoms with van der Waals surface area (Å²) in [6.07, 6.45) is 1.95. The fourth-order valence-corrected chi connectivity index (χ4v) is 0.822. The molecule has 9 heavy (non-hydrogen) atoms. The fraction of sp³-hybridized carbons (Fsp3) is 0. The maximum Gasteiger partial charge on any atom is -0.0252 e. The van der Waals surface area contributed by atoms with E-state index in [9.17, 15) is 0 Å². The van der Waals surface area contributed by atoms with E-state index in [1.807, 2.05) is 36.4 Å². The summed E-state index contributed by atoms with van der Waals surface area (Å²) in [6, 6.07) is 10.1. The number of hydrogen-bond donors (Lipinski definition) is 1. The SMILES string of the molecule is S/C=C\c1ccccc1. The number of thiol groups is 1. The van der Waals surface area contributed by atoms with E-state index in [0.717, 1.165) is 0 Å². The van der Waals surface area contributed by atoms with Gasteiger partial charge in [-0.15, -0.1) is 0 Å². The van der Waals surface area contributed by atoms with Gasteiger partial charge in [-0.2, -0.15) is 12.6 Å². The van der Waals surface area contributed by atoms with Gasteiger partial charge < -0.3 is 0 Å². The van der Waals surface area contributed by atoms with Gasteiger partial charge in [-0.25, -0.2) is 0 Å². The summed E-state index contributed by atoms with van der Waals surface area (Å²) in [5.74, 6) is 0. The highest BCUT2D eigenvalue weighted by molar-refractivity contribution is 7.83. The zero-order valence-electron chi connectivity index (χ0n) is 4.99. The molecule has 0 aliphatic carbocycles. The Morgan fingerprint density at radius 2 is 1.78 bits per heavy atom. The Morgan fingerprint density at radius 1 is 1.11 bits per heavy atom. The molecule has 0 aliphatic heterocycles. The summed E-state index contributed by atoms with van der Waals surface area (Å²) in [7, 11) is 0. The summed E-state index contributed by atoms with van der Waals surface area (Å²) in [5, 5.41) is 1.73. The van der Waals surface area contributed by atoms with Gasteiger partial charge in [0, 0.05) is 0 Å². The normalized spacial score (nSPS) is 10.3. The molecule has 1 aromatic rings. The summed E-state index contributed by atoms with van der Waals surface area (Å²) < 4.78 is 0. The molecular weight excluding hydrogens is 128 g/mol. The minimum absolute atomic E-state index is 1.19. The van der Waals surface area contributed by atoms with Gasteiger partial charge in [0.2, 0.25) is 0 Å². The molecule has 0 bridgehead atoms. The Balaban J connectivity index is 2.85. The molecule has 1 rings (SSSR count). The minimum Gasteiger partial charge on any atom is -0.151 e. The second-order valence-electron chi connectivity index (χ2n) is 1.73. The highest BCUT2D eigenvalue weighted by atomic mass is 32.1. The molecule has 0 saturated heterocycles. The van der Waals surface area contributed by atoms with E-state index in [2.05, 4.69) is 12.6 Å². The van der Waals surface area contributed by atoms with E-state index in [4.69, 9.17) is 0 Å². The number of hydrogen-bond acceptors (Lipinski definition) is 1. The lowest BCUT2D eigenvalue weighted by molar-refractivity contribution is 1.67. The second kappa shape index (κ2) is 3.36. The van der Waals surface area contributed by atoms with Gasteiger partial charge in [-0.05, 0) is 17.0 Å². The van der Waals surface area contributed by atoms with Gasteiger partial charge in [0.25, 0.3) is 0 Å². The largest absolute Gasteiger partial charge is 0.151 e. The van der Waals surface area contributed by atoms with Crippen LogP contribution in [0.5, 0.6) is 0 Å². The molecule has 0 radical (unpaired) electrons. The molecule has 0 aromatic heterocycles. The molecule has 0 unspecified atom stereocenters. The summed E-state index contributed by atoms with van der Waals surface area (Å²) >= 11 is 3.95. The quantitative estimate of drug-likeness (QED) is 0.564. The smallest absolute Gasteiger partial charge is 0.0252 e. The van der Waals surface area contributed by atoms with Crippen LogP contribution in [0.3, 0.4) is 0 Å². The maximum absolute atomic E-state index is 3.95. The molecule has 0 spiro atoms. The van der Waals surface area contributed by atoms with Gasteiger partial charge >= 0.3 is 0 Å². The zero-order valence-corrected chi connectivity index (χ0v) is 5.88. The Labute approximate surface area is 60.6 Å². The van der Waals surface area contributed by atoms with Crippen molar-refractivity contribution in [1.82, 2.24) is 0 Å². The molecule has 0 nitrogen and oxygen atoms in total. The van der Waals surface area contributed by atoms with Crippen LogP contribution in [0.15, 0.2) is 35.7 Å². The Kier molecular flexibility index (Phi) is 2.40. The van der Waals surface area contributed by atoms with E-state index >= 15 is 0 Å². The first-order valence-corrected chi connectivity index (χ1v) is 3.31. The first-order valence-electron chi connectivity index (χ1n) is 2.79. The number of rotatable bonds is 1. The molecule has 0 heterocycles. The Bertz CT molecular complexity index is 189. The van der Waals surface area contributed by atoms with Crippen LogP contribution in [0, 0.1) is 0 Å². The average Bonchev–Trinajstić information content (AvgIpc) is 1.91. The van der Waals surface area contributed by atoms with Crippen molar-refractivity contribution in [2.75, 3.05) is 0 Å². The van der Waals surface area contributed by atoms with Crippen LogP contribution in [0.4, 0.5) is 0 Å². The molecule has 46 valence electrons. The van der Waals surface area contributed by atoms with Crippen molar-refractivity contribution in [3.05, 3.63) is 41.3 Å². The lowest BCUT2D eigenvalue weighted by Gasteiger charge is -1.86. The third-order valence-electron chi connectivity index (χ3n) is 1.07. The van der Waals surface area contributed by atoms with Crippen molar-refractivity contribution >= 4 is 18.7 Å². The third kappa shape index (κ3) is 1.94. The average molecular weight is 136 g/mol. The summed E-state index contributed by atoms with van der Waals surface area (Å²) in [5.41, 5.74) is 1.19. The molecule has 1 heteroatoms. The van der Waals surface area contributed by atoms with Crippen LogP contribution in [-0.2, 0) is 0 Å². The predicted molar refractivity (Wildman–Crippen MR) is 44.5 cm³/mol. The van der Waals surface area contributed by atoms with Crippen LogP contribution in [0.2, 0.25) is 0 Å². The van der Waals surface area contributed by atoms with Crippen LogP contribution < -0.4 is 0 Å². The molecule has 0 atom stereocenters. The lowest BCUT2D eigenvalue weighted by Crippen LogP contribution is -1.64. The molecule has 0 saturated carbocycles. The second-order valence-corrected chi connectivity index (χ2v) is 2.02. The molecule has 0 aliphatic rings. The number of benzene rings is 1.